The molecule has 0 spiro atoms. The van der Waals surface area contributed by atoms with Gasteiger partial charge < -0.3 is 0 Å². The second-order valence-corrected chi connectivity index (χ2v) is 1.81. The number of rotatable bonds is 0. The van der Waals surface area contributed by atoms with Crippen molar-refractivity contribution in [1.29, 1.82) is 0 Å². The maximum Gasteiger partial charge on any atom is -0.0107 e. The topological polar surface area (TPSA) is 0 Å². The monoisotopic (exact) mass is 103 g/mol. The first-order chi connectivity index (χ1) is 3.79. The van der Waals surface area contributed by atoms with Crippen LogP contribution in [-0.2, 0) is 0 Å². The Labute approximate surface area is 50.2 Å². The molecule has 0 aliphatic carbocycles. The molecule has 0 heteroatoms. The lowest BCUT2D eigenvalue weighted by Gasteiger charge is -1.88. The molecule has 8 heavy (non-hydrogen) atoms. The summed E-state index contributed by atoms with van der Waals surface area (Å²) in [4.78, 5) is 0. The molecule has 0 fully saturated rings. The molecule has 0 aliphatic heterocycles. The Morgan fingerprint density at radius 2 is 1.62 bits per heavy atom. The summed E-state index contributed by atoms with van der Waals surface area (Å²) in [5, 5.41) is 0. The highest BCUT2D eigenvalue weighted by Crippen LogP contribution is 1.97. The first kappa shape index (κ1) is 5.36. The van der Waals surface area contributed by atoms with Crippen molar-refractivity contribution >= 4 is 0 Å². The number of hydrogen-bond donors (Lipinski definition) is 0. The van der Waals surface area contributed by atoms with Gasteiger partial charge in [0.05, 0.1) is 0 Å². The van der Waals surface area contributed by atoms with E-state index in [1.165, 1.54) is 0 Å². The summed E-state index contributed by atoms with van der Waals surface area (Å²) in [5.41, 5.74) is 2.11. The van der Waals surface area contributed by atoms with Gasteiger partial charge in [-0.25, -0.2) is 0 Å². The largest absolute Gasteiger partial charge is 0.0459 e. The summed E-state index contributed by atoms with van der Waals surface area (Å²) < 4.78 is 0. The van der Waals surface area contributed by atoms with Gasteiger partial charge in [-0.3, -0.25) is 0 Å². The van der Waals surface area contributed by atoms with E-state index in [4.69, 9.17) is 0 Å². The van der Waals surface area contributed by atoms with Gasteiger partial charge in [0, 0.05) is 0 Å². The molecule has 0 saturated heterocycles. The van der Waals surface area contributed by atoms with E-state index in [0.29, 0.717) is 0 Å². The van der Waals surface area contributed by atoms with Gasteiger partial charge in [0.25, 0.3) is 0 Å². The Kier molecular flexibility index (Phi) is 1.34. The van der Waals surface area contributed by atoms with Crippen molar-refractivity contribution in [3.8, 4) is 0 Å². The Balaban J connectivity index is 3.08. The second-order valence-electron chi connectivity index (χ2n) is 1.81. The number of aryl methyl sites for hydroxylation is 2. The molecule has 0 nitrogen and oxygen atoms in total. The van der Waals surface area contributed by atoms with Gasteiger partial charge in [0.2, 0.25) is 0 Å². The van der Waals surface area contributed by atoms with Gasteiger partial charge in [-0.15, -0.1) is 0 Å². The molecule has 0 N–H and O–H groups in total. The minimum absolute atomic E-state index is 1.06. The predicted molar refractivity (Wildman–Crippen MR) is 32.4 cm³/mol. The van der Waals surface area contributed by atoms with E-state index < -0.39 is 0 Å². The van der Waals surface area contributed by atoms with E-state index in [9.17, 15) is 0 Å². The lowest BCUT2D eigenvalue weighted by atomic mass is 10.2. The summed E-state index contributed by atoms with van der Waals surface area (Å²) in [6.45, 7) is 3.95. The summed E-state index contributed by atoms with van der Waals surface area (Å²) >= 11 is 0. The number of hydrogen-bond acceptors (Lipinski definition) is 0. The predicted octanol–water partition coefficient (Wildman–Crippen LogP) is 1.70. The lowest BCUT2D eigenvalue weighted by Crippen LogP contribution is -1.74. The Bertz CT molecular complexity index is 160. The quantitative estimate of drug-likeness (QED) is 0.469. The van der Waals surface area contributed by atoms with Gasteiger partial charge in [0.1, 0.15) is 0 Å². The van der Waals surface area contributed by atoms with Crippen molar-refractivity contribution in [2.24, 2.45) is 0 Å². The van der Waals surface area contributed by atoms with Crippen LogP contribution in [0, 0.1) is 32.0 Å². The molecule has 1 aromatic carbocycles. The smallest absolute Gasteiger partial charge is 0.0107 e. The summed E-state index contributed by atoms with van der Waals surface area (Å²) in [7, 11) is 0. The Morgan fingerprint density at radius 3 is 1.88 bits per heavy atom. The highest BCUT2D eigenvalue weighted by molar-refractivity contribution is 5.16. The normalized spacial score (nSPS) is 9.25. The zero-order chi connectivity index (χ0) is 5.98. The molecular weight excluding hydrogens is 96.1 g/mol. The van der Waals surface area contributed by atoms with E-state index in [1.54, 1.807) is 6.07 Å². The third-order valence-corrected chi connectivity index (χ3v) is 0.952. The lowest BCUT2D eigenvalue weighted by molar-refractivity contribution is 1.36. The van der Waals surface area contributed by atoms with Crippen LogP contribution >= 0.6 is 0 Å². The molecular formula is C8H7. The van der Waals surface area contributed by atoms with E-state index in [2.05, 4.69) is 18.2 Å². The van der Waals surface area contributed by atoms with Crippen LogP contribution < -0.4 is 0 Å². The molecule has 1 aromatic rings. The molecule has 0 unspecified atom stereocenters. The minimum atomic E-state index is 1.06. The van der Waals surface area contributed by atoms with Gasteiger partial charge >= 0.3 is 0 Å². The summed E-state index contributed by atoms with van der Waals surface area (Å²) in [6.07, 6.45) is 0. The minimum Gasteiger partial charge on any atom is -0.0459 e. The van der Waals surface area contributed by atoms with Crippen LogP contribution in [0.5, 0.6) is 0 Å². The van der Waals surface area contributed by atoms with Crippen LogP contribution in [0.25, 0.3) is 0 Å². The molecule has 1 rings (SSSR count). The third kappa shape index (κ3) is 1.09. The highest BCUT2D eigenvalue weighted by atomic mass is 13.9. The second kappa shape index (κ2) is 1.99. The first-order valence-corrected chi connectivity index (χ1v) is 2.58. The van der Waals surface area contributed by atoms with Crippen LogP contribution in [0.2, 0.25) is 0 Å². The fourth-order valence-electron chi connectivity index (χ4n) is 0.606. The van der Waals surface area contributed by atoms with Crippen molar-refractivity contribution in [3.63, 3.8) is 0 Å². The number of benzene rings is 1. The van der Waals surface area contributed by atoms with E-state index >= 15 is 0 Å². The maximum absolute atomic E-state index is 3.06. The summed E-state index contributed by atoms with van der Waals surface area (Å²) in [5.74, 6) is 0. The molecule has 39 valence electrons. The maximum atomic E-state index is 3.06. The fraction of sp³-hybridized carbons (Fsp3) is 0.250. The fourth-order valence-corrected chi connectivity index (χ4v) is 0.606. The third-order valence-electron chi connectivity index (χ3n) is 0.952. The van der Waals surface area contributed by atoms with Gasteiger partial charge in [-0.1, -0.05) is 0 Å². The summed E-state index contributed by atoms with van der Waals surface area (Å²) in [6, 6.07) is 10.8. The molecule has 3 radical (unpaired) electrons. The zero-order valence-corrected chi connectivity index (χ0v) is 5.08. The Hall–Kier alpha value is -0.780. The van der Waals surface area contributed by atoms with Crippen molar-refractivity contribution in [2.75, 3.05) is 0 Å². The van der Waals surface area contributed by atoms with Crippen molar-refractivity contribution < 1.29 is 0 Å². The van der Waals surface area contributed by atoms with Gasteiger partial charge in [-0.05, 0) is 49.2 Å². The van der Waals surface area contributed by atoms with Crippen LogP contribution in [0.1, 0.15) is 11.1 Å². The standard InChI is InChI=1S/C8H7/c1-7-4-3-5-8(2)6-7/h3H,1-2H3. The van der Waals surface area contributed by atoms with E-state index in [1.807, 2.05) is 13.8 Å². The van der Waals surface area contributed by atoms with Crippen molar-refractivity contribution in [2.45, 2.75) is 13.8 Å². The highest BCUT2D eigenvalue weighted by Gasteiger charge is 1.83. The Morgan fingerprint density at radius 1 is 1.12 bits per heavy atom. The molecule has 0 amide bonds. The SMILES string of the molecule is Cc1[c]c[c]c(C)[c]1. The van der Waals surface area contributed by atoms with Crippen molar-refractivity contribution in [1.82, 2.24) is 0 Å². The average Bonchev–Trinajstić information content (AvgIpc) is 1.64. The van der Waals surface area contributed by atoms with Crippen LogP contribution in [-0.4, -0.2) is 0 Å². The molecule has 0 aromatic heterocycles. The zero-order valence-electron chi connectivity index (χ0n) is 5.08. The average molecular weight is 103 g/mol. The van der Waals surface area contributed by atoms with E-state index in [0.717, 1.165) is 11.1 Å². The molecule has 0 atom stereocenters. The van der Waals surface area contributed by atoms with Crippen LogP contribution in [0.4, 0.5) is 0 Å². The van der Waals surface area contributed by atoms with Crippen LogP contribution in [0.15, 0.2) is 6.07 Å². The van der Waals surface area contributed by atoms with Gasteiger partial charge in [0.15, 0.2) is 0 Å². The van der Waals surface area contributed by atoms with Gasteiger partial charge in [-0.2, -0.15) is 0 Å². The molecule has 0 aliphatic rings. The molecule has 0 saturated carbocycles. The molecule has 0 heterocycles. The van der Waals surface area contributed by atoms with Crippen molar-refractivity contribution in [3.05, 3.63) is 35.4 Å². The molecule has 0 bridgehead atoms. The van der Waals surface area contributed by atoms with Crippen LogP contribution in [0.3, 0.4) is 0 Å². The first-order valence-electron chi connectivity index (χ1n) is 2.58. The van der Waals surface area contributed by atoms with E-state index in [-0.39, 0.29) is 0 Å².